The largest absolute Gasteiger partial charge is 0.486 e. The summed E-state index contributed by atoms with van der Waals surface area (Å²) >= 11 is 7.46. The molecule has 1 unspecified atom stereocenters. The molecule has 2 heterocycles. The third-order valence-corrected chi connectivity index (χ3v) is 5.72. The number of hydrogen-bond acceptors (Lipinski definition) is 4. The highest BCUT2D eigenvalue weighted by atomic mass is 35.5. The summed E-state index contributed by atoms with van der Waals surface area (Å²) < 4.78 is 24.5. The van der Waals surface area contributed by atoms with Crippen molar-refractivity contribution in [1.82, 2.24) is 4.90 Å². The smallest absolute Gasteiger partial charge is 0.323 e. The van der Waals surface area contributed by atoms with Gasteiger partial charge in [-0.3, -0.25) is 0 Å². The van der Waals surface area contributed by atoms with Crippen molar-refractivity contribution in [2.75, 3.05) is 30.8 Å². The van der Waals surface area contributed by atoms with E-state index < -0.39 is 5.82 Å². The molecular weight excluding hydrogens is 379 g/mol. The minimum absolute atomic E-state index is 0.0259. The lowest BCUT2D eigenvalue weighted by Crippen LogP contribution is -2.34. The van der Waals surface area contributed by atoms with Crippen LogP contribution in [0.15, 0.2) is 36.4 Å². The van der Waals surface area contributed by atoms with E-state index in [0.29, 0.717) is 31.2 Å². The van der Waals surface area contributed by atoms with Crippen molar-refractivity contribution in [2.45, 2.75) is 5.37 Å². The van der Waals surface area contributed by atoms with Crippen molar-refractivity contribution in [3.05, 3.63) is 52.8 Å². The third-order valence-electron chi connectivity index (χ3n) is 4.17. The SMILES string of the molecule is O=C(Nc1ccc(F)c(Cl)c1)N1CCSC1c1ccc2c(c1)OCCO2. The van der Waals surface area contributed by atoms with Gasteiger partial charge in [-0.15, -0.1) is 11.8 Å². The summed E-state index contributed by atoms with van der Waals surface area (Å²) in [5.74, 6) is 1.74. The minimum Gasteiger partial charge on any atom is -0.486 e. The first-order valence-corrected chi connectivity index (χ1v) is 9.58. The molecule has 2 aromatic carbocycles. The molecule has 1 N–H and O–H groups in total. The van der Waals surface area contributed by atoms with E-state index in [1.807, 2.05) is 18.2 Å². The van der Waals surface area contributed by atoms with E-state index in [4.69, 9.17) is 21.1 Å². The van der Waals surface area contributed by atoms with Crippen LogP contribution in [0.4, 0.5) is 14.9 Å². The fourth-order valence-electron chi connectivity index (χ4n) is 2.94. The molecule has 1 saturated heterocycles. The molecule has 136 valence electrons. The van der Waals surface area contributed by atoms with Crippen molar-refractivity contribution in [3.63, 3.8) is 0 Å². The number of rotatable bonds is 2. The average molecular weight is 395 g/mol. The Morgan fingerprint density at radius 1 is 1.19 bits per heavy atom. The van der Waals surface area contributed by atoms with Gasteiger partial charge in [0.25, 0.3) is 0 Å². The summed E-state index contributed by atoms with van der Waals surface area (Å²) in [7, 11) is 0. The van der Waals surface area contributed by atoms with Crippen molar-refractivity contribution >= 4 is 35.1 Å². The van der Waals surface area contributed by atoms with Crippen LogP contribution in [-0.2, 0) is 0 Å². The lowest BCUT2D eigenvalue weighted by Gasteiger charge is -2.26. The number of nitrogens with one attached hydrogen (secondary N) is 1. The fourth-order valence-corrected chi connectivity index (χ4v) is 4.36. The van der Waals surface area contributed by atoms with E-state index in [1.165, 1.54) is 18.2 Å². The van der Waals surface area contributed by atoms with E-state index in [-0.39, 0.29) is 16.4 Å². The average Bonchev–Trinajstić information content (AvgIpc) is 3.14. The van der Waals surface area contributed by atoms with Crippen LogP contribution in [0.3, 0.4) is 0 Å². The number of hydrogen-bond donors (Lipinski definition) is 1. The summed E-state index contributed by atoms with van der Waals surface area (Å²) in [4.78, 5) is 14.4. The first-order valence-electron chi connectivity index (χ1n) is 8.15. The van der Waals surface area contributed by atoms with Crippen LogP contribution in [0.5, 0.6) is 11.5 Å². The lowest BCUT2D eigenvalue weighted by molar-refractivity contribution is 0.171. The van der Waals surface area contributed by atoms with Crippen molar-refractivity contribution in [3.8, 4) is 11.5 Å². The number of amides is 2. The van der Waals surface area contributed by atoms with E-state index in [9.17, 15) is 9.18 Å². The quantitative estimate of drug-likeness (QED) is 0.813. The van der Waals surface area contributed by atoms with Gasteiger partial charge in [0, 0.05) is 18.0 Å². The molecule has 0 aromatic heterocycles. The molecule has 0 saturated carbocycles. The van der Waals surface area contributed by atoms with Crippen molar-refractivity contribution < 1.29 is 18.7 Å². The van der Waals surface area contributed by atoms with Gasteiger partial charge in [0.15, 0.2) is 11.5 Å². The molecule has 26 heavy (non-hydrogen) atoms. The van der Waals surface area contributed by atoms with Gasteiger partial charge >= 0.3 is 6.03 Å². The molecule has 0 aliphatic carbocycles. The Balaban J connectivity index is 1.52. The minimum atomic E-state index is -0.518. The van der Waals surface area contributed by atoms with Crippen LogP contribution in [0.1, 0.15) is 10.9 Å². The Morgan fingerprint density at radius 3 is 2.81 bits per heavy atom. The molecule has 4 rings (SSSR count). The predicted octanol–water partition coefficient (Wildman–Crippen LogP) is 4.53. The maximum Gasteiger partial charge on any atom is 0.323 e. The number of anilines is 1. The van der Waals surface area contributed by atoms with Gasteiger partial charge in [-0.25, -0.2) is 9.18 Å². The highest BCUT2D eigenvalue weighted by Gasteiger charge is 2.31. The van der Waals surface area contributed by atoms with Crippen LogP contribution in [0.2, 0.25) is 5.02 Å². The maximum atomic E-state index is 13.3. The zero-order valence-electron chi connectivity index (χ0n) is 13.7. The Labute approximate surface area is 159 Å². The first kappa shape index (κ1) is 17.3. The number of fused-ring (bicyclic) bond motifs is 1. The number of urea groups is 1. The maximum absolute atomic E-state index is 13.3. The van der Waals surface area contributed by atoms with Gasteiger partial charge in [-0.2, -0.15) is 0 Å². The van der Waals surface area contributed by atoms with Crippen molar-refractivity contribution in [2.24, 2.45) is 0 Å². The molecule has 2 amide bonds. The highest BCUT2D eigenvalue weighted by Crippen LogP contribution is 2.42. The number of carbonyl (C=O) groups is 1. The molecular formula is C18H16ClFN2O3S. The predicted molar refractivity (Wildman–Crippen MR) is 99.8 cm³/mol. The molecule has 8 heteroatoms. The van der Waals surface area contributed by atoms with Crippen LogP contribution < -0.4 is 14.8 Å². The van der Waals surface area contributed by atoms with E-state index in [1.54, 1.807) is 16.7 Å². The summed E-state index contributed by atoms with van der Waals surface area (Å²) in [6, 6.07) is 9.61. The van der Waals surface area contributed by atoms with Gasteiger partial charge in [-0.1, -0.05) is 17.7 Å². The summed E-state index contributed by atoms with van der Waals surface area (Å²) in [6.07, 6.45) is 0. The zero-order chi connectivity index (χ0) is 18.1. The van der Waals surface area contributed by atoms with Crippen LogP contribution in [-0.4, -0.2) is 36.4 Å². The van der Waals surface area contributed by atoms with E-state index in [0.717, 1.165) is 17.1 Å². The Bertz CT molecular complexity index is 851. The van der Waals surface area contributed by atoms with E-state index in [2.05, 4.69) is 5.32 Å². The van der Waals surface area contributed by atoms with Crippen LogP contribution in [0, 0.1) is 5.82 Å². The summed E-state index contributed by atoms with van der Waals surface area (Å²) in [6.45, 7) is 1.67. The van der Waals surface area contributed by atoms with Gasteiger partial charge < -0.3 is 19.7 Å². The fraction of sp³-hybridized carbons (Fsp3) is 0.278. The summed E-state index contributed by atoms with van der Waals surface area (Å²) in [5.41, 5.74) is 1.43. The number of nitrogens with zero attached hydrogens (tertiary/aromatic N) is 1. The summed E-state index contributed by atoms with van der Waals surface area (Å²) in [5, 5.41) is 2.63. The van der Waals surface area contributed by atoms with E-state index >= 15 is 0 Å². The molecule has 2 aromatic rings. The number of carbonyl (C=O) groups excluding carboxylic acids is 1. The molecule has 2 aliphatic rings. The van der Waals surface area contributed by atoms with Gasteiger partial charge in [0.1, 0.15) is 24.4 Å². The number of halogens is 2. The second-order valence-electron chi connectivity index (χ2n) is 5.88. The molecule has 0 radical (unpaired) electrons. The first-order chi connectivity index (χ1) is 12.6. The molecule has 0 bridgehead atoms. The third kappa shape index (κ3) is 3.41. The van der Waals surface area contributed by atoms with Crippen molar-refractivity contribution in [1.29, 1.82) is 0 Å². The van der Waals surface area contributed by atoms with Crippen LogP contribution >= 0.6 is 23.4 Å². The molecule has 5 nitrogen and oxygen atoms in total. The zero-order valence-corrected chi connectivity index (χ0v) is 15.3. The normalized spacial score (nSPS) is 18.7. The molecule has 0 spiro atoms. The highest BCUT2D eigenvalue weighted by molar-refractivity contribution is 7.99. The monoisotopic (exact) mass is 394 g/mol. The van der Waals surface area contributed by atoms with Crippen LogP contribution in [0.25, 0.3) is 0 Å². The standard InChI is InChI=1S/C18H16ClFN2O3S/c19-13-10-12(2-3-14(13)20)21-18(23)22-5-8-26-17(22)11-1-4-15-16(9-11)25-7-6-24-15/h1-4,9-10,17H,5-8H2,(H,21,23). The van der Waals surface area contributed by atoms with Gasteiger partial charge in [0.2, 0.25) is 0 Å². The number of ether oxygens (including phenoxy) is 2. The molecule has 1 atom stereocenters. The lowest BCUT2D eigenvalue weighted by atomic mass is 10.1. The number of thioether (sulfide) groups is 1. The van der Waals surface area contributed by atoms with Gasteiger partial charge in [0.05, 0.1) is 5.02 Å². The number of benzene rings is 2. The second-order valence-corrected chi connectivity index (χ2v) is 7.47. The molecule has 1 fully saturated rings. The topological polar surface area (TPSA) is 50.8 Å². The molecule has 2 aliphatic heterocycles. The second kappa shape index (κ2) is 7.25. The Hall–Kier alpha value is -2.12. The van der Waals surface area contributed by atoms with Gasteiger partial charge in [-0.05, 0) is 35.9 Å². The Morgan fingerprint density at radius 2 is 2.00 bits per heavy atom. The Kier molecular flexibility index (Phi) is 4.82.